The molecule has 0 saturated carbocycles. The third kappa shape index (κ3) is 3.85. The van der Waals surface area contributed by atoms with Gasteiger partial charge in [0.15, 0.2) is 0 Å². The van der Waals surface area contributed by atoms with Crippen LogP contribution in [0.1, 0.15) is 30.8 Å². The van der Waals surface area contributed by atoms with Crippen LogP contribution in [0.3, 0.4) is 0 Å². The summed E-state index contributed by atoms with van der Waals surface area (Å²) in [4.78, 5) is 26.4. The van der Waals surface area contributed by atoms with Crippen molar-refractivity contribution in [1.82, 2.24) is 10.3 Å². The summed E-state index contributed by atoms with van der Waals surface area (Å²) in [5, 5.41) is 12.6. The quantitative estimate of drug-likeness (QED) is 0.772. The lowest BCUT2D eigenvalue weighted by Gasteiger charge is -2.15. The number of aromatic amines is 1. The van der Waals surface area contributed by atoms with E-state index in [1.54, 1.807) is 6.07 Å². The van der Waals surface area contributed by atoms with Gasteiger partial charge in [-0.05, 0) is 36.6 Å². The Morgan fingerprint density at radius 3 is 2.67 bits per heavy atom. The fourth-order valence-corrected chi connectivity index (χ4v) is 2.53. The van der Waals surface area contributed by atoms with Gasteiger partial charge in [0.25, 0.3) is 5.91 Å². The molecule has 0 spiro atoms. The molecule has 0 radical (unpaired) electrons. The van der Waals surface area contributed by atoms with Crippen molar-refractivity contribution in [2.75, 3.05) is 0 Å². The first kappa shape index (κ1) is 15.6. The molecule has 6 heteroatoms. The average molecular weight is 353 g/mol. The van der Waals surface area contributed by atoms with Crippen LogP contribution in [0.15, 0.2) is 28.7 Å². The van der Waals surface area contributed by atoms with Gasteiger partial charge in [-0.15, -0.1) is 0 Å². The summed E-state index contributed by atoms with van der Waals surface area (Å²) in [7, 11) is 0. The average Bonchev–Trinajstić information content (AvgIpc) is 2.80. The Balaban J connectivity index is 2.19. The summed E-state index contributed by atoms with van der Waals surface area (Å²) in [6.07, 6.45) is 0.396. The molecule has 2 rings (SSSR count). The van der Waals surface area contributed by atoms with Gasteiger partial charge in [0, 0.05) is 15.4 Å². The van der Waals surface area contributed by atoms with Crippen LogP contribution in [0.2, 0.25) is 0 Å². The highest BCUT2D eigenvalue weighted by Crippen LogP contribution is 2.20. The van der Waals surface area contributed by atoms with E-state index in [9.17, 15) is 9.59 Å². The van der Waals surface area contributed by atoms with Gasteiger partial charge in [0.1, 0.15) is 11.7 Å². The Kier molecular flexibility index (Phi) is 4.67. The number of halogens is 1. The predicted molar refractivity (Wildman–Crippen MR) is 84.3 cm³/mol. The number of H-pyrrole nitrogens is 1. The number of carboxylic acids is 1. The van der Waals surface area contributed by atoms with Gasteiger partial charge in [-0.3, -0.25) is 4.79 Å². The molecule has 2 aromatic rings. The number of hydrogen-bond acceptors (Lipinski definition) is 2. The molecule has 112 valence electrons. The summed E-state index contributed by atoms with van der Waals surface area (Å²) in [6.45, 7) is 3.84. The maximum Gasteiger partial charge on any atom is 0.326 e. The smallest absolute Gasteiger partial charge is 0.326 e. The van der Waals surface area contributed by atoms with Crippen molar-refractivity contribution in [3.8, 4) is 0 Å². The lowest BCUT2D eigenvalue weighted by Crippen LogP contribution is -2.41. The summed E-state index contributed by atoms with van der Waals surface area (Å²) >= 11 is 3.37. The molecule has 3 N–H and O–H groups in total. The van der Waals surface area contributed by atoms with E-state index in [4.69, 9.17) is 5.11 Å². The maximum absolute atomic E-state index is 12.2. The van der Waals surface area contributed by atoms with Gasteiger partial charge in [-0.1, -0.05) is 29.8 Å². The number of rotatable bonds is 5. The third-order valence-corrected chi connectivity index (χ3v) is 3.63. The Hall–Kier alpha value is -1.82. The van der Waals surface area contributed by atoms with E-state index in [-0.39, 0.29) is 5.92 Å². The molecule has 0 bridgehead atoms. The maximum atomic E-state index is 12.2. The van der Waals surface area contributed by atoms with Crippen LogP contribution in [0.5, 0.6) is 0 Å². The number of carboxylic acid groups (broad SMARTS) is 1. The van der Waals surface area contributed by atoms with Gasteiger partial charge in [0.05, 0.1) is 0 Å². The van der Waals surface area contributed by atoms with E-state index in [2.05, 4.69) is 26.2 Å². The van der Waals surface area contributed by atoms with Crippen LogP contribution in [-0.2, 0) is 4.79 Å². The second kappa shape index (κ2) is 6.30. The van der Waals surface area contributed by atoms with E-state index in [0.717, 1.165) is 15.4 Å². The molecule has 0 aliphatic rings. The van der Waals surface area contributed by atoms with Crippen LogP contribution < -0.4 is 5.32 Å². The Bertz CT molecular complexity index is 679. The number of hydrogen-bond donors (Lipinski definition) is 3. The molecule has 1 aromatic heterocycles. The number of carbonyl (C=O) groups excluding carboxylic acids is 1. The number of benzene rings is 1. The molecular formula is C15H17BrN2O3. The zero-order valence-electron chi connectivity index (χ0n) is 11.8. The second-order valence-electron chi connectivity index (χ2n) is 5.41. The standard InChI is InChI=1S/C15H17BrN2O3/c1-8(2)5-13(15(20)21)18-14(19)12-7-9-6-10(16)3-4-11(9)17-12/h3-4,6-8,13,17H,5H2,1-2H3,(H,18,19)(H,20,21)/t13-/m0/s1. The molecule has 0 fully saturated rings. The Morgan fingerprint density at radius 2 is 2.05 bits per heavy atom. The summed E-state index contributed by atoms with van der Waals surface area (Å²) in [6, 6.07) is 6.46. The first-order chi connectivity index (χ1) is 9.86. The van der Waals surface area contributed by atoms with Gasteiger partial charge >= 0.3 is 5.97 Å². The topological polar surface area (TPSA) is 82.2 Å². The van der Waals surface area contributed by atoms with Crippen molar-refractivity contribution in [1.29, 1.82) is 0 Å². The van der Waals surface area contributed by atoms with Crippen LogP contribution in [0.4, 0.5) is 0 Å². The molecule has 0 saturated heterocycles. The number of nitrogens with one attached hydrogen (secondary N) is 2. The molecule has 0 aliphatic carbocycles. The second-order valence-corrected chi connectivity index (χ2v) is 6.32. The zero-order valence-corrected chi connectivity index (χ0v) is 13.4. The van der Waals surface area contributed by atoms with E-state index in [1.807, 2.05) is 32.0 Å². The molecule has 1 heterocycles. The first-order valence-corrected chi connectivity index (χ1v) is 7.48. The Morgan fingerprint density at radius 1 is 1.33 bits per heavy atom. The third-order valence-electron chi connectivity index (χ3n) is 3.14. The molecule has 21 heavy (non-hydrogen) atoms. The predicted octanol–water partition coefficient (Wildman–Crippen LogP) is 3.16. The molecule has 5 nitrogen and oxygen atoms in total. The van der Waals surface area contributed by atoms with Crippen LogP contribution in [0, 0.1) is 5.92 Å². The van der Waals surface area contributed by atoms with Gasteiger partial charge in [-0.2, -0.15) is 0 Å². The fraction of sp³-hybridized carbons (Fsp3) is 0.333. The minimum absolute atomic E-state index is 0.185. The zero-order chi connectivity index (χ0) is 15.6. The van der Waals surface area contributed by atoms with Gasteiger partial charge in [0.2, 0.25) is 0 Å². The lowest BCUT2D eigenvalue weighted by atomic mass is 10.0. The van der Waals surface area contributed by atoms with E-state index in [1.165, 1.54) is 0 Å². The molecule has 1 atom stereocenters. The number of amides is 1. The Labute approximate surface area is 130 Å². The highest BCUT2D eigenvalue weighted by Gasteiger charge is 2.22. The van der Waals surface area contributed by atoms with Gasteiger partial charge in [-0.25, -0.2) is 4.79 Å². The summed E-state index contributed by atoms with van der Waals surface area (Å²) in [5.41, 5.74) is 1.19. The highest BCUT2D eigenvalue weighted by molar-refractivity contribution is 9.10. The molecule has 1 aromatic carbocycles. The van der Waals surface area contributed by atoms with Crippen LogP contribution in [0.25, 0.3) is 10.9 Å². The van der Waals surface area contributed by atoms with Gasteiger partial charge < -0.3 is 15.4 Å². The number of aliphatic carboxylic acids is 1. The lowest BCUT2D eigenvalue weighted by molar-refractivity contribution is -0.139. The van der Waals surface area contributed by atoms with Crippen LogP contribution >= 0.6 is 15.9 Å². The molecule has 0 aliphatic heterocycles. The van der Waals surface area contributed by atoms with Crippen molar-refractivity contribution in [3.63, 3.8) is 0 Å². The van der Waals surface area contributed by atoms with E-state index in [0.29, 0.717) is 12.1 Å². The SMILES string of the molecule is CC(C)C[C@H](NC(=O)c1cc2cc(Br)ccc2[nH]1)C(=O)O. The number of fused-ring (bicyclic) bond motifs is 1. The first-order valence-electron chi connectivity index (χ1n) is 6.68. The molecule has 0 unspecified atom stereocenters. The molecular weight excluding hydrogens is 336 g/mol. The summed E-state index contributed by atoms with van der Waals surface area (Å²) < 4.78 is 0.921. The van der Waals surface area contributed by atoms with Crippen molar-refractivity contribution < 1.29 is 14.7 Å². The monoisotopic (exact) mass is 352 g/mol. The van der Waals surface area contributed by atoms with Crippen molar-refractivity contribution in [2.24, 2.45) is 5.92 Å². The van der Waals surface area contributed by atoms with Crippen molar-refractivity contribution in [3.05, 3.63) is 34.4 Å². The highest BCUT2D eigenvalue weighted by atomic mass is 79.9. The largest absolute Gasteiger partial charge is 0.480 e. The minimum Gasteiger partial charge on any atom is -0.480 e. The van der Waals surface area contributed by atoms with Crippen molar-refractivity contribution in [2.45, 2.75) is 26.3 Å². The summed E-state index contributed by atoms with van der Waals surface area (Å²) in [5.74, 6) is -1.24. The molecule has 1 amide bonds. The normalized spacial score (nSPS) is 12.6. The van der Waals surface area contributed by atoms with E-state index >= 15 is 0 Å². The minimum atomic E-state index is -1.02. The number of aromatic nitrogens is 1. The van der Waals surface area contributed by atoms with Crippen molar-refractivity contribution >= 4 is 38.7 Å². The van der Waals surface area contributed by atoms with E-state index < -0.39 is 17.9 Å². The number of carbonyl (C=O) groups is 2. The fourth-order valence-electron chi connectivity index (χ4n) is 2.15. The van der Waals surface area contributed by atoms with Crippen LogP contribution in [-0.4, -0.2) is 28.0 Å².